The Bertz CT molecular complexity index is 843. The van der Waals surface area contributed by atoms with E-state index in [0.29, 0.717) is 17.9 Å². The number of carbonyl (C=O) groups is 1. The molecule has 0 bridgehead atoms. The molecule has 2 N–H and O–H groups in total. The van der Waals surface area contributed by atoms with Crippen molar-refractivity contribution in [1.82, 2.24) is 5.32 Å². The van der Waals surface area contributed by atoms with Crippen molar-refractivity contribution in [2.75, 3.05) is 11.9 Å². The van der Waals surface area contributed by atoms with Crippen LogP contribution in [0.5, 0.6) is 5.75 Å². The molecular formula is C18H18FN3O4S. The number of rotatable bonds is 7. The van der Waals surface area contributed by atoms with Crippen LogP contribution in [0.4, 0.5) is 15.8 Å². The maximum atomic E-state index is 13.8. The molecule has 1 amide bonds. The number of unbranched alkanes of at least 4 members (excludes halogenated alkanes) is 1. The summed E-state index contributed by atoms with van der Waals surface area (Å²) in [7, 11) is 0. The van der Waals surface area contributed by atoms with Crippen molar-refractivity contribution in [3.63, 3.8) is 0 Å². The van der Waals surface area contributed by atoms with E-state index in [9.17, 15) is 19.3 Å². The minimum absolute atomic E-state index is 0.178. The van der Waals surface area contributed by atoms with Gasteiger partial charge in [-0.15, -0.1) is 0 Å². The molecule has 0 aliphatic heterocycles. The van der Waals surface area contributed by atoms with E-state index in [1.165, 1.54) is 0 Å². The first-order valence-corrected chi connectivity index (χ1v) is 8.60. The molecule has 0 atom stereocenters. The molecule has 142 valence electrons. The van der Waals surface area contributed by atoms with Gasteiger partial charge in [-0.3, -0.25) is 20.2 Å². The van der Waals surface area contributed by atoms with Crippen molar-refractivity contribution < 1.29 is 18.8 Å². The largest absolute Gasteiger partial charge is 0.494 e. The highest BCUT2D eigenvalue weighted by atomic mass is 32.1. The average Bonchev–Trinajstić information content (AvgIpc) is 2.64. The summed E-state index contributed by atoms with van der Waals surface area (Å²) in [6, 6.07) is 9.47. The van der Waals surface area contributed by atoms with E-state index >= 15 is 0 Å². The van der Waals surface area contributed by atoms with Gasteiger partial charge in [-0.25, -0.2) is 4.39 Å². The number of hydrogen-bond acceptors (Lipinski definition) is 5. The Balaban J connectivity index is 1.96. The molecule has 0 unspecified atom stereocenters. The molecule has 0 saturated heterocycles. The number of nitro benzene ring substituents is 1. The average molecular weight is 391 g/mol. The van der Waals surface area contributed by atoms with Crippen LogP contribution in [0, 0.1) is 15.9 Å². The van der Waals surface area contributed by atoms with Gasteiger partial charge in [0.05, 0.1) is 17.2 Å². The zero-order chi connectivity index (χ0) is 19.8. The first kappa shape index (κ1) is 20.2. The predicted molar refractivity (Wildman–Crippen MR) is 104 cm³/mol. The van der Waals surface area contributed by atoms with Crippen LogP contribution in [-0.4, -0.2) is 22.5 Å². The highest BCUT2D eigenvalue weighted by molar-refractivity contribution is 7.80. The van der Waals surface area contributed by atoms with E-state index in [4.69, 9.17) is 17.0 Å². The summed E-state index contributed by atoms with van der Waals surface area (Å²) in [5, 5.41) is 15.4. The molecule has 2 aromatic carbocycles. The van der Waals surface area contributed by atoms with E-state index in [2.05, 4.69) is 17.6 Å². The Kier molecular flexibility index (Phi) is 7.18. The second-order valence-corrected chi connectivity index (χ2v) is 5.96. The summed E-state index contributed by atoms with van der Waals surface area (Å²) < 4.78 is 19.3. The number of benzene rings is 2. The van der Waals surface area contributed by atoms with Gasteiger partial charge >= 0.3 is 0 Å². The zero-order valence-corrected chi connectivity index (χ0v) is 15.3. The minimum atomic E-state index is -0.731. The van der Waals surface area contributed by atoms with Gasteiger partial charge in [0, 0.05) is 17.7 Å². The molecule has 0 spiro atoms. The standard InChI is InChI=1S/C18H18FN3O4S/c1-2-3-10-26-14-7-4-12(5-8-14)17(23)21-18(27)20-16-11-13(22(24)25)6-9-15(16)19/h4-9,11H,2-3,10H2,1H3,(H2,20,21,23,27). The van der Waals surface area contributed by atoms with Crippen molar-refractivity contribution in [1.29, 1.82) is 0 Å². The van der Waals surface area contributed by atoms with Gasteiger partial charge in [-0.2, -0.15) is 0 Å². The van der Waals surface area contributed by atoms with Crippen molar-refractivity contribution in [3.8, 4) is 5.75 Å². The Morgan fingerprint density at radius 1 is 1.26 bits per heavy atom. The smallest absolute Gasteiger partial charge is 0.271 e. The van der Waals surface area contributed by atoms with Crippen molar-refractivity contribution in [2.24, 2.45) is 0 Å². The SMILES string of the molecule is CCCCOc1ccc(C(=O)NC(=S)Nc2cc([N+](=O)[O-])ccc2F)cc1. The van der Waals surface area contributed by atoms with Crippen molar-refractivity contribution >= 4 is 34.6 Å². The van der Waals surface area contributed by atoms with Crippen LogP contribution in [-0.2, 0) is 0 Å². The van der Waals surface area contributed by atoms with Crippen LogP contribution in [0.15, 0.2) is 42.5 Å². The van der Waals surface area contributed by atoms with Crippen LogP contribution in [0.1, 0.15) is 30.1 Å². The van der Waals surface area contributed by atoms with Gasteiger partial charge in [0.15, 0.2) is 5.11 Å². The Hall–Kier alpha value is -3.07. The fourth-order valence-electron chi connectivity index (χ4n) is 2.09. The van der Waals surface area contributed by atoms with Gasteiger partial charge in [0.2, 0.25) is 0 Å². The molecule has 2 aromatic rings. The van der Waals surface area contributed by atoms with E-state index in [1.54, 1.807) is 24.3 Å². The lowest BCUT2D eigenvalue weighted by Gasteiger charge is -2.11. The van der Waals surface area contributed by atoms with Crippen molar-refractivity contribution in [3.05, 3.63) is 64.0 Å². The van der Waals surface area contributed by atoms with Gasteiger partial charge in [-0.1, -0.05) is 13.3 Å². The van der Waals surface area contributed by atoms with E-state index < -0.39 is 16.6 Å². The lowest BCUT2D eigenvalue weighted by atomic mass is 10.2. The third-order valence-corrected chi connectivity index (χ3v) is 3.72. The molecule has 0 radical (unpaired) electrons. The molecule has 0 heterocycles. The quantitative estimate of drug-likeness (QED) is 0.320. The van der Waals surface area contributed by atoms with E-state index in [-0.39, 0.29) is 16.5 Å². The summed E-state index contributed by atoms with van der Waals surface area (Å²) in [4.78, 5) is 22.3. The second kappa shape index (κ2) is 9.58. The molecule has 2 rings (SSSR count). The highest BCUT2D eigenvalue weighted by Gasteiger charge is 2.13. The van der Waals surface area contributed by atoms with Crippen LogP contribution >= 0.6 is 12.2 Å². The molecule has 0 saturated carbocycles. The maximum Gasteiger partial charge on any atom is 0.271 e. The van der Waals surface area contributed by atoms with Crippen LogP contribution in [0.2, 0.25) is 0 Å². The number of nitro groups is 1. The first-order chi connectivity index (χ1) is 12.9. The maximum absolute atomic E-state index is 13.8. The summed E-state index contributed by atoms with van der Waals surface area (Å²) >= 11 is 4.97. The molecule has 0 aliphatic carbocycles. The molecule has 0 fully saturated rings. The fourth-order valence-corrected chi connectivity index (χ4v) is 2.29. The van der Waals surface area contributed by atoms with Gasteiger partial charge < -0.3 is 10.1 Å². The molecule has 0 aromatic heterocycles. The number of anilines is 1. The number of hydrogen-bond donors (Lipinski definition) is 2. The number of nitrogens with zero attached hydrogens (tertiary/aromatic N) is 1. The van der Waals surface area contributed by atoms with Gasteiger partial charge in [-0.05, 0) is 49.0 Å². The number of amides is 1. The molecular weight excluding hydrogens is 373 g/mol. The third-order valence-electron chi connectivity index (χ3n) is 3.52. The number of thiocarbonyl (C=S) groups is 1. The summed E-state index contributed by atoms with van der Waals surface area (Å²) in [5.74, 6) is -0.580. The van der Waals surface area contributed by atoms with Crippen molar-refractivity contribution in [2.45, 2.75) is 19.8 Å². The normalized spacial score (nSPS) is 10.1. The topological polar surface area (TPSA) is 93.5 Å². The monoisotopic (exact) mass is 391 g/mol. The van der Waals surface area contributed by atoms with E-state index in [0.717, 1.165) is 31.0 Å². The van der Waals surface area contributed by atoms with E-state index in [1.807, 2.05) is 0 Å². The Morgan fingerprint density at radius 3 is 2.59 bits per heavy atom. The molecule has 27 heavy (non-hydrogen) atoms. The summed E-state index contributed by atoms with van der Waals surface area (Å²) in [6.07, 6.45) is 1.96. The fraction of sp³-hybridized carbons (Fsp3) is 0.222. The number of halogens is 1. The number of non-ortho nitro benzene ring substituents is 1. The highest BCUT2D eigenvalue weighted by Crippen LogP contribution is 2.21. The Labute approximate surface area is 160 Å². The summed E-state index contributed by atoms with van der Waals surface area (Å²) in [5.41, 5.74) is -0.164. The Morgan fingerprint density at radius 2 is 1.96 bits per heavy atom. The zero-order valence-electron chi connectivity index (χ0n) is 14.5. The number of nitrogens with one attached hydrogen (secondary N) is 2. The van der Waals surface area contributed by atoms with Crippen LogP contribution in [0.25, 0.3) is 0 Å². The number of carbonyl (C=O) groups excluding carboxylic acids is 1. The third kappa shape index (κ3) is 6.00. The predicted octanol–water partition coefficient (Wildman–Crippen LogP) is 4.04. The molecule has 0 aliphatic rings. The molecule has 9 heteroatoms. The summed E-state index contributed by atoms with van der Waals surface area (Å²) in [6.45, 7) is 2.66. The lowest BCUT2D eigenvalue weighted by molar-refractivity contribution is -0.384. The van der Waals surface area contributed by atoms with Crippen LogP contribution in [0.3, 0.4) is 0 Å². The number of ether oxygens (including phenoxy) is 1. The second-order valence-electron chi connectivity index (χ2n) is 5.56. The minimum Gasteiger partial charge on any atom is -0.494 e. The van der Waals surface area contributed by atoms with Gasteiger partial charge in [0.1, 0.15) is 11.6 Å². The molecule has 7 nitrogen and oxygen atoms in total. The lowest BCUT2D eigenvalue weighted by Crippen LogP contribution is -2.34. The first-order valence-electron chi connectivity index (χ1n) is 8.20. The van der Waals surface area contributed by atoms with Gasteiger partial charge in [0.25, 0.3) is 11.6 Å². The van der Waals surface area contributed by atoms with Crippen LogP contribution < -0.4 is 15.4 Å².